The number of halogens is 1. The van der Waals surface area contributed by atoms with E-state index in [2.05, 4.69) is 10.2 Å². The van der Waals surface area contributed by atoms with Gasteiger partial charge in [0.1, 0.15) is 5.82 Å². The number of fused-ring (bicyclic) bond motifs is 1. The third-order valence-electron chi connectivity index (χ3n) is 4.58. The Kier molecular flexibility index (Phi) is 4.14. The van der Waals surface area contributed by atoms with E-state index in [4.69, 9.17) is 0 Å². The fourth-order valence-corrected chi connectivity index (χ4v) is 3.48. The van der Waals surface area contributed by atoms with E-state index in [0.29, 0.717) is 6.04 Å². The molecule has 0 bridgehead atoms. The smallest absolute Gasteiger partial charge is 0.123 e. The van der Waals surface area contributed by atoms with Gasteiger partial charge in [-0.2, -0.15) is 0 Å². The van der Waals surface area contributed by atoms with Crippen molar-refractivity contribution in [1.29, 1.82) is 0 Å². The molecular weight excluding hydrogens is 239 g/mol. The van der Waals surface area contributed by atoms with Crippen LogP contribution < -0.4 is 5.32 Å². The Morgan fingerprint density at radius 3 is 2.84 bits per heavy atom. The second-order valence-electron chi connectivity index (χ2n) is 5.88. The van der Waals surface area contributed by atoms with Gasteiger partial charge in [0.15, 0.2) is 0 Å². The van der Waals surface area contributed by atoms with Gasteiger partial charge in [-0.15, -0.1) is 0 Å². The molecule has 1 N–H and O–H groups in total. The maximum Gasteiger partial charge on any atom is 0.123 e. The van der Waals surface area contributed by atoms with Gasteiger partial charge >= 0.3 is 0 Å². The van der Waals surface area contributed by atoms with E-state index >= 15 is 0 Å². The summed E-state index contributed by atoms with van der Waals surface area (Å²) in [6.07, 6.45) is 6.34. The molecule has 2 heterocycles. The maximum absolute atomic E-state index is 12.8. The van der Waals surface area contributed by atoms with Crippen molar-refractivity contribution in [2.45, 2.75) is 44.2 Å². The van der Waals surface area contributed by atoms with Crippen molar-refractivity contribution in [3.05, 3.63) is 35.6 Å². The monoisotopic (exact) mass is 262 g/mol. The van der Waals surface area contributed by atoms with E-state index < -0.39 is 0 Å². The molecule has 0 aromatic heterocycles. The summed E-state index contributed by atoms with van der Waals surface area (Å²) < 4.78 is 12.8. The molecule has 2 aliphatic heterocycles. The molecule has 0 amide bonds. The Hall–Kier alpha value is -0.930. The summed E-state index contributed by atoms with van der Waals surface area (Å²) in [5.74, 6) is -0.148. The summed E-state index contributed by atoms with van der Waals surface area (Å²) in [5, 5.41) is 3.68. The van der Waals surface area contributed by atoms with E-state index in [1.807, 2.05) is 12.1 Å². The SMILES string of the molecule is Fc1ccc(CCNC2CCN3CCCC3C2)cc1. The van der Waals surface area contributed by atoms with Gasteiger partial charge in [0.2, 0.25) is 0 Å². The second-order valence-corrected chi connectivity index (χ2v) is 5.88. The fraction of sp³-hybridized carbons (Fsp3) is 0.625. The molecular formula is C16H23FN2. The lowest BCUT2D eigenvalue weighted by Gasteiger charge is -2.35. The number of hydrogen-bond donors (Lipinski definition) is 1. The summed E-state index contributed by atoms with van der Waals surface area (Å²) in [4.78, 5) is 2.65. The highest BCUT2D eigenvalue weighted by atomic mass is 19.1. The molecule has 3 rings (SSSR count). The van der Waals surface area contributed by atoms with E-state index in [0.717, 1.165) is 19.0 Å². The van der Waals surface area contributed by atoms with Crippen LogP contribution in [0.2, 0.25) is 0 Å². The Bertz CT molecular complexity index is 404. The molecule has 2 fully saturated rings. The zero-order valence-electron chi connectivity index (χ0n) is 11.4. The Labute approximate surface area is 115 Å². The van der Waals surface area contributed by atoms with Crippen LogP contribution in [-0.4, -0.2) is 36.6 Å². The van der Waals surface area contributed by atoms with Gasteiger partial charge in [-0.05, 0) is 69.4 Å². The van der Waals surface area contributed by atoms with Crippen molar-refractivity contribution in [2.24, 2.45) is 0 Å². The Morgan fingerprint density at radius 1 is 1.16 bits per heavy atom. The molecule has 2 atom stereocenters. The lowest BCUT2D eigenvalue weighted by atomic mass is 9.97. The van der Waals surface area contributed by atoms with Crippen molar-refractivity contribution >= 4 is 0 Å². The Balaban J connectivity index is 1.41. The zero-order valence-corrected chi connectivity index (χ0v) is 11.4. The molecule has 0 spiro atoms. The van der Waals surface area contributed by atoms with E-state index in [-0.39, 0.29) is 5.82 Å². The Morgan fingerprint density at radius 2 is 2.00 bits per heavy atom. The number of nitrogens with zero attached hydrogens (tertiary/aromatic N) is 1. The predicted octanol–water partition coefficient (Wildman–Crippen LogP) is 2.58. The van der Waals surface area contributed by atoms with Crippen LogP contribution in [0.15, 0.2) is 24.3 Å². The maximum atomic E-state index is 12.8. The topological polar surface area (TPSA) is 15.3 Å². The number of piperidine rings is 1. The first kappa shape index (κ1) is 13.1. The van der Waals surface area contributed by atoms with Crippen molar-refractivity contribution in [3.8, 4) is 0 Å². The molecule has 3 heteroatoms. The zero-order chi connectivity index (χ0) is 13.1. The molecule has 19 heavy (non-hydrogen) atoms. The molecule has 2 aliphatic rings. The normalized spacial score (nSPS) is 27.4. The molecule has 2 saturated heterocycles. The first-order valence-corrected chi connectivity index (χ1v) is 7.53. The standard InChI is InChI=1S/C16H23FN2/c17-14-5-3-13(4-6-14)7-9-18-15-8-11-19-10-1-2-16(19)12-15/h3-6,15-16,18H,1-2,7-12H2. The van der Waals surface area contributed by atoms with Crippen LogP contribution in [0.1, 0.15) is 31.2 Å². The minimum Gasteiger partial charge on any atom is -0.314 e. The number of nitrogens with one attached hydrogen (secondary N) is 1. The molecule has 1 aromatic rings. The lowest BCUT2D eigenvalue weighted by molar-refractivity contribution is 0.167. The summed E-state index contributed by atoms with van der Waals surface area (Å²) in [5.41, 5.74) is 1.22. The van der Waals surface area contributed by atoms with Crippen molar-refractivity contribution < 1.29 is 4.39 Å². The van der Waals surface area contributed by atoms with E-state index in [1.54, 1.807) is 12.1 Å². The van der Waals surface area contributed by atoms with E-state index in [1.165, 1.54) is 44.3 Å². The average Bonchev–Trinajstić information content (AvgIpc) is 2.88. The van der Waals surface area contributed by atoms with Gasteiger partial charge in [-0.25, -0.2) is 4.39 Å². The van der Waals surface area contributed by atoms with Crippen molar-refractivity contribution in [1.82, 2.24) is 10.2 Å². The van der Waals surface area contributed by atoms with Crippen LogP contribution in [0.25, 0.3) is 0 Å². The fourth-order valence-electron chi connectivity index (χ4n) is 3.48. The van der Waals surface area contributed by atoms with Crippen LogP contribution in [0.3, 0.4) is 0 Å². The first-order valence-electron chi connectivity index (χ1n) is 7.53. The van der Waals surface area contributed by atoms with Gasteiger partial charge in [0.05, 0.1) is 0 Å². The molecule has 0 aliphatic carbocycles. The highest BCUT2D eigenvalue weighted by molar-refractivity contribution is 5.16. The first-order chi connectivity index (χ1) is 9.31. The van der Waals surface area contributed by atoms with Gasteiger partial charge < -0.3 is 10.2 Å². The van der Waals surface area contributed by atoms with Crippen LogP contribution in [0.5, 0.6) is 0 Å². The van der Waals surface area contributed by atoms with Gasteiger partial charge in [0, 0.05) is 12.1 Å². The van der Waals surface area contributed by atoms with Gasteiger partial charge in [-0.1, -0.05) is 12.1 Å². The van der Waals surface area contributed by atoms with E-state index in [9.17, 15) is 4.39 Å². The van der Waals surface area contributed by atoms with Crippen molar-refractivity contribution in [2.75, 3.05) is 19.6 Å². The summed E-state index contributed by atoms with van der Waals surface area (Å²) in [6.45, 7) is 3.58. The second kappa shape index (κ2) is 6.02. The quantitative estimate of drug-likeness (QED) is 0.897. The highest BCUT2D eigenvalue weighted by Crippen LogP contribution is 2.26. The number of hydrogen-bond acceptors (Lipinski definition) is 2. The third kappa shape index (κ3) is 3.34. The summed E-state index contributed by atoms with van der Waals surface area (Å²) in [6, 6.07) is 8.38. The van der Waals surface area contributed by atoms with Crippen LogP contribution in [0, 0.1) is 5.82 Å². The minimum absolute atomic E-state index is 0.148. The predicted molar refractivity (Wildman–Crippen MR) is 75.7 cm³/mol. The average molecular weight is 262 g/mol. The minimum atomic E-state index is -0.148. The largest absolute Gasteiger partial charge is 0.314 e. The highest BCUT2D eigenvalue weighted by Gasteiger charge is 2.31. The molecule has 2 nitrogen and oxygen atoms in total. The molecule has 0 radical (unpaired) electrons. The molecule has 2 unspecified atom stereocenters. The molecule has 1 aromatic carbocycles. The van der Waals surface area contributed by atoms with Gasteiger partial charge in [0.25, 0.3) is 0 Å². The van der Waals surface area contributed by atoms with Gasteiger partial charge in [-0.3, -0.25) is 0 Å². The third-order valence-corrected chi connectivity index (χ3v) is 4.58. The number of benzene rings is 1. The molecule has 0 saturated carbocycles. The lowest BCUT2D eigenvalue weighted by Crippen LogP contribution is -2.46. The number of rotatable bonds is 4. The van der Waals surface area contributed by atoms with Crippen LogP contribution in [-0.2, 0) is 6.42 Å². The molecule has 104 valence electrons. The van der Waals surface area contributed by atoms with Crippen LogP contribution in [0.4, 0.5) is 4.39 Å². The summed E-state index contributed by atoms with van der Waals surface area (Å²) in [7, 11) is 0. The summed E-state index contributed by atoms with van der Waals surface area (Å²) >= 11 is 0. The van der Waals surface area contributed by atoms with Crippen molar-refractivity contribution in [3.63, 3.8) is 0 Å². The van der Waals surface area contributed by atoms with Crippen LogP contribution >= 0.6 is 0 Å².